The minimum atomic E-state index is -0.305. The van der Waals surface area contributed by atoms with E-state index in [1.807, 2.05) is 36.6 Å². The molecule has 2 heterocycles. The molecule has 0 radical (unpaired) electrons. The molecule has 1 aromatic carbocycles. The maximum absolute atomic E-state index is 12.3. The number of tetrazole rings is 1. The lowest BCUT2D eigenvalue weighted by atomic mass is 10.2. The van der Waals surface area contributed by atoms with Crippen LogP contribution < -0.4 is 5.32 Å². The average Bonchev–Trinajstić information content (AvgIpc) is 3.27. The Morgan fingerprint density at radius 2 is 2.16 bits per heavy atom. The Morgan fingerprint density at radius 1 is 1.36 bits per heavy atom. The van der Waals surface area contributed by atoms with Gasteiger partial charge in [-0.1, -0.05) is 41.6 Å². The van der Waals surface area contributed by atoms with Crippen molar-refractivity contribution >= 4 is 40.6 Å². The number of nitrogens with zero attached hydrogens (tertiary/aromatic N) is 4. The molecule has 0 saturated heterocycles. The van der Waals surface area contributed by atoms with Gasteiger partial charge in [0, 0.05) is 16.4 Å². The average molecular weight is 394 g/mol. The summed E-state index contributed by atoms with van der Waals surface area (Å²) in [6.45, 7) is 2.90. The van der Waals surface area contributed by atoms with Crippen LogP contribution in [0.4, 0.5) is 0 Å². The van der Waals surface area contributed by atoms with Gasteiger partial charge in [-0.2, -0.15) is 0 Å². The summed E-state index contributed by atoms with van der Waals surface area (Å²) < 4.78 is 1.71. The molecule has 1 unspecified atom stereocenters. The van der Waals surface area contributed by atoms with Crippen LogP contribution >= 0.6 is 34.7 Å². The summed E-state index contributed by atoms with van der Waals surface area (Å²) in [6.07, 6.45) is 0. The zero-order chi connectivity index (χ0) is 17.6. The Balaban J connectivity index is 1.54. The standard InChI is InChI=1S/C16H16ClN5OS2/c1-11(15(23)18-9-12-4-6-13(17)7-5-12)25-16-19-20-21-22(16)10-14-3-2-8-24-14/h2-8,11H,9-10H2,1H3,(H,18,23). The van der Waals surface area contributed by atoms with Crippen LogP contribution in [0.25, 0.3) is 0 Å². The van der Waals surface area contributed by atoms with Crippen molar-refractivity contribution in [1.82, 2.24) is 25.5 Å². The number of carbonyl (C=O) groups excluding carboxylic acids is 1. The number of thiophene rings is 1. The lowest BCUT2D eigenvalue weighted by Gasteiger charge is -2.11. The molecule has 0 fully saturated rings. The maximum Gasteiger partial charge on any atom is 0.233 e. The number of halogens is 1. The van der Waals surface area contributed by atoms with E-state index in [2.05, 4.69) is 20.8 Å². The number of rotatable bonds is 7. The van der Waals surface area contributed by atoms with E-state index in [4.69, 9.17) is 11.6 Å². The van der Waals surface area contributed by atoms with E-state index in [1.165, 1.54) is 11.8 Å². The number of thioether (sulfide) groups is 1. The van der Waals surface area contributed by atoms with Crippen molar-refractivity contribution in [3.63, 3.8) is 0 Å². The van der Waals surface area contributed by atoms with E-state index in [0.29, 0.717) is 23.3 Å². The molecule has 3 aromatic rings. The zero-order valence-corrected chi connectivity index (χ0v) is 15.8. The fourth-order valence-electron chi connectivity index (χ4n) is 2.08. The Bertz CT molecular complexity index is 819. The van der Waals surface area contributed by atoms with Gasteiger partial charge in [0.2, 0.25) is 11.1 Å². The highest BCUT2D eigenvalue weighted by Crippen LogP contribution is 2.22. The molecule has 1 atom stereocenters. The second kappa shape index (κ2) is 8.46. The van der Waals surface area contributed by atoms with E-state index in [0.717, 1.165) is 10.4 Å². The topological polar surface area (TPSA) is 72.7 Å². The van der Waals surface area contributed by atoms with E-state index in [1.54, 1.807) is 28.2 Å². The zero-order valence-electron chi connectivity index (χ0n) is 13.4. The van der Waals surface area contributed by atoms with Crippen molar-refractivity contribution in [1.29, 1.82) is 0 Å². The molecule has 2 aromatic heterocycles. The molecule has 0 aliphatic rings. The molecular formula is C16H16ClN5OS2. The summed E-state index contributed by atoms with van der Waals surface area (Å²) >= 11 is 8.85. The van der Waals surface area contributed by atoms with Crippen molar-refractivity contribution in [2.45, 2.75) is 30.4 Å². The minimum absolute atomic E-state index is 0.0642. The number of aromatic nitrogens is 4. The predicted molar refractivity (Wildman–Crippen MR) is 99.9 cm³/mol. The summed E-state index contributed by atoms with van der Waals surface area (Å²) in [5.41, 5.74) is 0.998. The molecule has 0 bridgehead atoms. The molecule has 0 aliphatic carbocycles. The second-order valence-electron chi connectivity index (χ2n) is 5.30. The van der Waals surface area contributed by atoms with Crippen LogP contribution in [0.1, 0.15) is 17.4 Å². The third kappa shape index (κ3) is 5.04. The molecule has 9 heteroatoms. The van der Waals surface area contributed by atoms with Gasteiger partial charge in [-0.05, 0) is 46.5 Å². The van der Waals surface area contributed by atoms with Crippen LogP contribution in [0.2, 0.25) is 5.02 Å². The monoisotopic (exact) mass is 393 g/mol. The van der Waals surface area contributed by atoms with Gasteiger partial charge >= 0.3 is 0 Å². The normalized spacial score (nSPS) is 12.1. The van der Waals surface area contributed by atoms with E-state index >= 15 is 0 Å². The molecule has 0 spiro atoms. The van der Waals surface area contributed by atoms with Crippen molar-refractivity contribution < 1.29 is 4.79 Å². The predicted octanol–water partition coefficient (Wildman–Crippen LogP) is 3.23. The van der Waals surface area contributed by atoms with Crippen LogP contribution in [0.3, 0.4) is 0 Å². The quantitative estimate of drug-likeness (QED) is 0.624. The lowest BCUT2D eigenvalue weighted by molar-refractivity contribution is -0.120. The molecule has 0 aliphatic heterocycles. The van der Waals surface area contributed by atoms with Crippen molar-refractivity contribution in [3.8, 4) is 0 Å². The summed E-state index contributed by atoms with van der Waals surface area (Å²) in [4.78, 5) is 13.5. The first-order valence-electron chi connectivity index (χ1n) is 7.59. The molecule has 1 amide bonds. The Kier molecular flexibility index (Phi) is 6.06. The smallest absolute Gasteiger partial charge is 0.233 e. The highest BCUT2D eigenvalue weighted by Gasteiger charge is 2.18. The van der Waals surface area contributed by atoms with Crippen molar-refractivity contribution in [2.75, 3.05) is 0 Å². The van der Waals surface area contributed by atoms with Crippen LogP contribution in [0.5, 0.6) is 0 Å². The van der Waals surface area contributed by atoms with Gasteiger partial charge in [0.1, 0.15) is 0 Å². The molecular weight excluding hydrogens is 378 g/mol. The number of hydrogen-bond donors (Lipinski definition) is 1. The highest BCUT2D eigenvalue weighted by atomic mass is 35.5. The van der Waals surface area contributed by atoms with E-state index in [-0.39, 0.29) is 11.2 Å². The summed E-state index contributed by atoms with van der Waals surface area (Å²) in [6, 6.07) is 11.4. The van der Waals surface area contributed by atoms with Gasteiger partial charge in [-0.15, -0.1) is 16.4 Å². The summed E-state index contributed by atoms with van der Waals surface area (Å²) in [5, 5.41) is 17.7. The number of hydrogen-bond acceptors (Lipinski definition) is 6. The number of amides is 1. The van der Waals surface area contributed by atoms with Gasteiger partial charge in [0.15, 0.2) is 0 Å². The molecule has 25 heavy (non-hydrogen) atoms. The first kappa shape index (κ1) is 17.9. The van der Waals surface area contributed by atoms with E-state index < -0.39 is 0 Å². The minimum Gasteiger partial charge on any atom is -0.351 e. The maximum atomic E-state index is 12.3. The Morgan fingerprint density at radius 3 is 2.88 bits per heavy atom. The first-order chi connectivity index (χ1) is 12.1. The summed E-state index contributed by atoms with van der Waals surface area (Å²) in [7, 11) is 0. The van der Waals surface area contributed by atoms with Crippen LogP contribution in [-0.4, -0.2) is 31.4 Å². The Hall–Kier alpha value is -1.90. The van der Waals surface area contributed by atoms with Gasteiger partial charge in [-0.25, -0.2) is 4.68 Å². The largest absolute Gasteiger partial charge is 0.351 e. The summed E-state index contributed by atoms with van der Waals surface area (Å²) in [5.74, 6) is -0.0642. The van der Waals surface area contributed by atoms with Crippen LogP contribution in [0, 0.1) is 0 Å². The highest BCUT2D eigenvalue weighted by molar-refractivity contribution is 8.00. The number of benzene rings is 1. The fourth-order valence-corrected chi connectivity index (χ4v) is 3.70. The number of carbonyl (C=O) groups is 1. The molecule has 130 valence electrons. The van der Waals surface area contributed by atoms with Crippen LogP contribution in [-0.2, 0) is 17.9 Å². The van der Waals surface area contributed by atoms with Gasteiger partial charge in [0.05, 0.1) is 11.8 Å². The molecule has 1 N–H and O–H groups in total. The lowest BCUT2D eigenvalue weighted by Crippen LogP contribution is -2.30. The fraction of sp³-hybridized carbons (Fsp3) is 0.250. The first-order valence-corrected chi connectivity index (χ1v) is 9.73. The van der Waals surface area contributed by atoms with Gasteiger partial charge < -0.3 is 5.32 Å². The van der Waals surface area contributed by atoms with Gasteiger partial charge in [-0.3, -0.25) is 4.79 Å². The number of nitrogens with one attached hydrogen (secondary N) is 1. The third-order valence-corrected chi connectivity index (χ3v) is 5.60. The molecule has 6 nitrogen and oxygen atoms in total. The van der Waals surface area contributed by atoms with E-state index in [9.17, 15) is 4.79 Å². The third-order valence-electron chi connectivity index (χ3n) is 3.42. The molecule has 3 rings (SSSR count). The van der Waals surface area contributed by atoms with Crippen molar-refractivity contribution in [3.05, 3.63) is 57.2 Å². The van der Waals surface area contributed by atoms with Gasteiger partial charge in [0.25, 0.3) is 0 Å². The SMILES string of the molecule is CC(Sc1nnnn1Cc1cccs1)C(=O)NCc1ccc(Cl)cc1. The molecule has 0 saturated carbocycles. The Labute approximate surface area is 158 Å². The van der Waals surface area contributed by atoms with Crippen molar-refractivity contribution in [2.24, 2.45) is 0 Å². The second-order valence-corrected chi connectivity index (χ2v) is 8.08. The van der Waals surface area contributed by atoms with Crippen LogP contribution in [0.15, 0.2) is 46.9 Å².